The first-order valence-corrected chi connectivity index (χ1v) is 4.12. The molecule has 79 valence electrons. The predicted octanol–water partition coefficient (Wildman–Crippen LogP) is 0.948. The van der Waals surface area contributed by atoms with Gasteiger partial charge in [-0.15, -0.1) is 11.6 Å². The number of esters is 1. The average molecular weight is 287 g/mol. The van der Waals surface area contributed by atoms with Crippen LogP contribution in [-0.2, 0) is 33.9 Å². The first-order valence-electron chi connectivity index (χ1n) is 3.52. The fourth-order valence-corrected chi connectivity index (χ4v) is 0.795. The standard InChI is InChI=1S/C9H7O3.Ag.O/c1-7(11)12-9-5-3-2-4-8(9)6-10;;/h2-5H,1H3;;/q-1;;. The number of rotatable bonds is 2. The third-order valence-corrected chi connectivity index (χ3v) is 1.25. The topological polar surface area (TPSA) is 60.4 Å². The molecule has 4 nitrogen and oxygen atoms in total. The Hall–Kier alpha value is -1.10. The molecule has 1 aromatic rings. The average Bonchev–Trinajstić information content (AvgIpc) is 2.21. The van der Waals surface area contributed by atoms with Crippen molar-refractivity contribution in [1.29, 1.82) is 0 Å². The molecule has 0 spiro atoms. The number of para-hydroxylation sites is 1. The maximum atomic E-state index is 10.5. The van der Waals surface area contributed by atoms with Crippen molar-refractivity contribution < 1.29 is 38.6 Å². The molecule has 5 heteroatoms. The van der Waals surface area contributed by atoms with Crippen LogP contribution in [0.2, 0.25) is 0 Å². The Kier molecular flexibility index (Phi) is 6.74. The van der Waals surface area contributed by atoms with Crippen LogP contribution in [-0.4, -0.2) is 12.3 Å². The molecule has 0 amide bonds. The van der Waals surface area contributed by atoms with Crippen LogP contribution in [0.5, 0.6) is 5.75 Å². The molecule has 0 atom stereocenters. The molecule has 1 rings (SSSR count). The first kappa shape index (κ1) is 12.9. The second-order valence-corrected chi connectivity index (χ2v) is 2.19. The molecule has 1 aromatic carbocycles. The molecule has 0 heterocycles. The van der Waals surface area contributed by atoms with Gasteiger partial charge in [-0.25, -0.2) is 0 Å². The summed E-state index contributed by atoms with van der Waals surface area (Å²) in [5.74, 6) is -0.197. The van der Waals surface area contributed by atoms with Crippen LogP contribution in [0, 0.1) is 0 Å². The van der Waals surface area contributed by atoms with Crippen LogP contribution in [0.15, 0.2) is 24.3 Å². The Labute approximate surface area is 93.5 Å². The Morgan fingerprint density at radius 3 is 2.43 bits per heavy atom. The predicted molar refractivity (Wildman–Crippen MR) is 43.2 cm³/mol. The van der Waals surface area contributed by atoms with Gasteiger partial charge in [-0.05, 0) is 0 Å². The summed E-state index contributed by atoms with van der Waals surface area (Å²) in [5.41, 5.74) is 0.257. The second-order valence-electron chi connectivity index (χ2n) is 2.19. The van der Waals surface area contributed by atoms with Gasteiger partial charge in [0.15, 0.2) is 0 Å². The van der Waals surface area contributed by atoms with Gasteiger partial charge in [-0.3, -0.25) is 4.79 Å². The van der Waals surface area contributed by atoms with E-state index in [1.54, 1.807) is 45.5 Å². The molecule has 0 radical (unpaired) electrons. The summed E-state index contributed by atoms with van der Waals surface area (Å²) in [6.07, 6.45) is 1.67. The van der Waals surface area contributed by atoms with Crippen molar-refractivity contribution in [2.75, 3.05) is 0 Å². The van der Waals surface area contributed by atoms with E-state index in [-0.39, 0.29) is 11.3 Å². The molecular weight excluding hydrogens is 280 g/mol. The van der Waals surface area contributed by atoms with Crippen molar-refractivity contribution in [3.8, 4) is 5.75 Å². The van der Waals surface area contributed by atoms with E-state index < -0.39 is 5.97 Å². The molecule has 0 N–H and O–H groups in total. The first-order chi connectivity index (χ1) is 6.74. The summed E-state index contributed by atoms with van der Waals surface area (Å²) in [5, 5.41) is 0. The van der Waals surface area contributed by atoms with Crippen LogP contribution in [0.3, 0.4) is 0 Å². The third kappa shape index (κ3) is 4.23. The minimum atomic E-state index is -0.447. The fourth-order valence-electron chi connectivity index (χ4n) is 0.795. The van der Waals surface area contributed by atoms with Gasteiger partial charge in [0.05, 0.1) is 6.29 Å². The number of hydrogen-bond acceptors (Lipinski definition) is 4. The van der Waals surface area contributed by atoms with Gasteiger partial charge < -0.3 is 9.53 Å². The molecule has 14 heavy (non-hydrogen) atoms. The van der Waals surface area contributed by atoms with E-state index in [9.17, 15) is 9.59 Å². The van der Waals surface area contributed by atoms with Crippen molar-refractivity contribution in [2.45, 2.75) is 6.92 Å². The molecule has 0 saturated heterocycles. The van der Waals surface area contributed by atoms with Gasteiger partial charge >= 0.3 is 24.3 Å². The SMILES string of the molecule is CC(=O)Oc1ccccc1[C-]=O.[O]=[Ag]. The van der Waals surface area contributed by atoms with Gasteiger partial charge in [-0.1, -0.05) is 12.1 Å². The number of hydrogen-bond donors (Lipinski definition) is 0. The van der Waals surface area contributed by atoms with E-state index in [1.807, 2.05) is 0 Å². The van der Waals surface area contributed by atoms with Gasteiger partial charge in [0, 0.05) is 12.7 Å². The molecule has 0 unspecified atom stereocenters. The van der Waals surface area contributed by atoms with E-state index in [4.69, 9.17) is 7.99 Å². The van der Waals surface area contributed by atoms with Gasteiger partial charge in [0.2, 0.25) is 0 Å². The summed E-state index contributed by atoms with van der Waals surface area (Å²) in [7, 11) is 0. The van der Waals surface area contributed by atoms with E-state index in [1.165, 1.54) is 13.0 Å². The quantitative estimate of drug-likeness (QED) is 0.351. The molecule has 0 saturated carbocycles. The maximum absolute atomic E-state index is 10.5. The Morgan fingerprint density at radius 2 is 1.93 bits per heavy atom. The van der Waals surface area contributed by atoms with Crippen LogP contribution in [0.25, 0.3) is 0 Å². The summed E-state index contributed by atoms with van der Waals surface area (Å²) in [6.45, 7) is 1.28. The van der Waals surface area contributed by atoms with E-state index in [2.05, 4.69) is 0 Å². The second kappa shape index (κ2) is 7.32. The number of carbonyl (C=O) groups excluding carboxylic acids is 2. The Bertz CT molecular complexity index is 324. The van der Waals surface area contributed by atoms with Crippen LogP contribution in [0.4, 0.5) is 0 Å². The summed E-state index contributed by atoms with van der Waals surface area (Å²) < 4.78 is 12.8. The van der Waals surface area contributed by atoms with Crippen LogP contribution >= 0.6 is 0 Å². The molecule has 0 aromatic heterocycles. The third-order valence-electron chi connectivity index (χ3n) is 1.25. The Morgan fingerprint density at radius 1 is 1.36 bits per heavy atom. The Balaban J connectivity index is 0.000000791. The van der Waals surface area contributed by atoms with E-state index >= 15 is 0 Å². The molecule has 0 aliphatic heterocycles. The van der Waals surface area contributed by atoms with Crippen molar-refractivity contribution >= 4 is 12.3 Å². The monoisotopic (exact) mass is 286 g/mol. The van der Waals surface area contributed by atoms with E-state index in [0.717, 1.165) is 0 Å². The summed E-state index contributed by atoms with van der Waals surface area (Å²) in [4.78, 5) is 20.8. The van der Waals surface area contributed by atoms with Gasteiger partial charge in [0.25, 0.3) is 5.97 Å². The summed E-state index contributed by atoms with van der Waals surface area (Å²) in [6, 6.07) is 6.43. The number of benzene rings is 1. The van der Waals surface area contributed by atoms with Crippen molar-refractivity contribution in [1.82, 2.24) is 0 Å². The number of carbonyl (C=O) groups is 1. The van der Waals surface area contributed by atoms with Crippen LogP contribution < -0.4 is 4.74 Å². The van der Waals surface area contributed by atoms with Gasteiger partial charge in [-0.2, -0.15) is 6.07 Å². The molecule has 0 fully saturated rings. The van der Waals surface area contributed by atoms with Crippen molar-refractivity contribution in [2.24, 2.45) is 0 Å². The van der Waals surface area contributed by atoms with Crippen molar-refractivity contribution in [3.63, 3.8) is 0 Å². The molecule has 0 aliphatic carbocycles. The normalized spacial score (nSPS) is 8.21. The summed E-state index contributed by atoms with van der Waals surface area (Å²) >= 11 is 1.70. The molecular formula is C9H7AgO4-. The van der Waals surface area contributed by atoms with Gasteiger partial charge in [0.1, 0.15) is 0 Å². The van der Waals surface area contributed by atoms with E-state index in [0.29, 0.717) is 0 Å². The molecule has 0 aliphatic rings. The zero-order chi connectivity index (χ0) is 11.0. The fraction of sp³-hybridized carbons (Fsp3) is 0.111. The van der Waals surface area contributed by atoms with Crippen molar-refractivity contribution in [3.05, 3.63) is 29.8 Å². The zero-order valence-electron chi connectivity index (χ0n) is 7.24. The zero-order valence-corrected chi connectivity index (χ0v) is 8.73. The molecule has 0 bridgehead atoms. The minimum absolute atomic E-state index is 0.250. The van der Waals surface area contributed by atoms with Crippen LogP contribution in [0.1, 0.15) is 12.5 Å². The number of ether oxygens (including phenoxy) is 1.